The van der Waals surface area contributed by atoms with Crippen molar-refractivity contribution in [3.05, 3.63) is 11.8 Å². The highest BCUT2D eigenvalue weighted by atomic mass is 16.1. The summed E-state index contributed by atoms with van der Waals surface area (Å²) in [5, 5.41) is 12.5. The van der Waals surface area contributed by atoms with Crippen molar-refractivity contribution >= 4 is 5.78 Å². The smallest absolute Gasteiger partial charge is 0.158 e. The standard InChI is InChI=1S/C14H22N2O/c1-10(2)5-6-16-13-7-11(17)8-14(3,4)12(13)9-15/h7,10,12,16H,5-6,8H2,1-4H3. The van der Waals surface area contributed by atoms with Crippen LogP contribution in [-0.2, 0) is 4.79 Å². The van der Waals surface area contributed by atoms with Crippen LogP contribution < -0.4 is 5.32 Å². The summed E-state index contributed by atoms with van der Waals surface area (Å²) in [7, 11) is 0. The van der Waals surface area contributed by atoms with Gasteiger partial charge in [0.25, 0.3) is 0 Å². The van der Waals surface area contributed by atoms with E-state index in [0.717, 1.165) is 18.7 Å². The molecule has 0 aromatic heterocycles. The molecular weight excluding hydrogens is 212 g/mol. The highest BCUT2D eigenvalue weighted by molar-refractivity contribution is 5.92. The van der Waals surface area contributed by atoms with E-state index in [1.807, 2.05) is 13.8 Å². The van der Waals surface area contributed by atoms with Crippen LogP contribution in [0.5, 0.6) is 0 Å². The number of hydrogen-bond donors (Lipinski definition) is 1. The van der Waals surface area contributed by atoms with Gasteiger partial charge in [-0.2, -0.15) is 5.26 Å². The van der Waals surface area contributed by atoms with Crippen LogP contribution in [0.25, 0.3) is 0 Å². The second-order valence-corrected chi connectivity index (χ2v) is 5.90. The normalized spacial score (nSPS) is 23.2. The maximum absolute atomic E-state index is 11.6. The first-order chi connectivity index (χ1) is 7.86. The second-order valence-electron chi connectivity index (χ2n) is 5.90. The van der Waals surface area contributed by atoms with E-state index in [1.54, 1.807) is 6.08 Å². The zero-order chi connectivity index (χ0) is 13.1. The largest absolute Gasteiger partial charge is 0.387 e. The number of nitrogens with one attached hydrogen (secondary N) is 1. The maximum Gasteiger partial charge on any atom is 0.158 e. The Kier molecular flexibility index (Phi) is 4.34. The van der Waals surface area contributed by atoms with Crippen LogP contribution in [0.2, 0.25) is 0 Å². The lowest BCUT2D eigenvalue weighted by Crippen LogP contribution is -2.37. The monoisotopic (exact) mass is 234 g/mol. The number of nitrogens with zero attached hydrogens (tertiary/aromatic N) is 1. The highest BCUT2D eigenvalue weighted by Gasteiger charge is 2.37. The third-order valence-electron chi connectivity index (χ3n) is 3.22. The first kappa shape index (κ1) is 13.8. The molecule has 1 aliphatic carbocycles. The van der Waals surface area contributed by atoms with Gasteiger partial charge in [-0.15, -0.1) is 0 Å². The molecule has 0 saturated heterocycles. The second kappa shape index (κ2) is 5.35. The molecule has 1 aliphatic rings. The molecule has 1 rings (SSSR count). The molecule has 3 heteroatoms. The average Bonchev–Trinajstić information content (AvgIpc) is 2.14. The van der Waals surface area contributed by atoms with Gasteiger partial charge in [-0.1, -0.05) is 27.7 Å². The summed E-state index contributed by atoms with van der Waals surface area (Å²) in [6, 6.07) is 2.32. The number of ketones is 1. The number of hydrogen-bond acceptors (Lipinski definition) is 3. The Morgan fingerprint density at radius 2 is 2.24 bits per heavy atom. The van der Waals surface area contributed by atoms with Crippen molar-refractivity contribution in [1.29, 1.82) is 5.26 Å². The fourth-order valence-electron chi connectivity index (χ4n) is 2.18. The molecule has 0 aliphatic heterocycles. The van der Waals surface area contributed by atoms with E-state index in [1.165, 1.54) is 0 Å². The van der Waals surface area contributed by atoms with Crippen LogP contribution in [0.15, 0.2) is 11.8 Å². The van der Waals surface area contributed by atoms with E-state index in [4.69, 9.17) is 0 Å². The number of allylic oxidation sites excluding steroid dienone is 2. The van der Waals surface area contributed by atoms with E-state index in [0.29, 0.717) is 12.3 Å². The van der Waals surface area contributed by atoms with Crippen molar-refractivity contribution in [2.45, 2.75) is 40.5 Å². The molecule has 17 heavy (non-hydrogen) atoms. The highest BCUT2D eigenvalue weighted by Crippen LogP contribution is 2.38. The molecule has 1 N–H and O–H groups in total. The molecule has 0 bridgehead atoms. The Hall–Kier alpha value is -1.30. The first-order valence-corrected chi connectivity index (χ1v) is 6.24. The number of nitriles is 1. The van der Waals surface area contributed by atoms with E-state index in [2.05, 4.69) is 25.2 Å². The van der Waals surface area contributed by atoms with Crippen LogP contribution in [0.3, 0.4) is 0 Å². The van der Waals surface area contributed by atoms with Crippen molar-refractivity contribution in [1.82, 2.24) is 5.32 Å². The van der Waals surface area contributed by atoms with Crippen molar-refractivity contribution in [2.75, 3.05) is 6.54 Å². The lowest BCUT2D eigenvalue weighted by atomic mass is 9.70. The van der Waals surface area contributed by atoms with E-state index >= 15 is 0 Å². The molecule has 3 nitrogen and oxygen atoms in total. The minimum atomic E-state index is -0.263. The Morgan fingerprint density at radius 3 is 2.76 bits per heavy atom. The minimum Gasteiger partial charge on any atom is -0.387 e. The lowest BCUT2D eigenvalue weighted by Gasteiger charge is -2.34. The van der Waals surface area contributed by atoms with Gasteiger partial charge in [-0.25, -0.2) is 0 Å². The Bertz CT molecular complexity index is 361. The molecule has 0 aromatic rings. The van der Waals surface area contributed by atoms with Gasteiger partial charge < -0.3 is 5.32 Å². The summed E-state index contributed by atoms with van der Waals surface area (Å²) in [6.45, 7) is 9.11. The van der Waals surface area contributed by atoms with Crippen LogP contribution >= 0.6 is 0 Å². The SMILES string of the molecule is CC(C)CCNC1=CC(=O)CC(C)(C)C1C#N. The third-order valence-corrected chi connectivity index (χ3v) is 3.22. The van der Waals surface area contributed by atoms with Crippen molar-refractivity contribution in [2.24, 2.45) is 17.3 Å². The predicted molar refractivity (Wildman–Crippen MR) is 68.0 cm³/mol. The van der Waals surface area contributed by atoms with Gasteiger partial charge in [0.15, 0.2) is 5.78 Å². The summed E-state index contributed by atoms with van der Waals surface area (Å²) in [5.74, 6) is 0.539. The van der Waals surface area contributed by atoms with Crippen LogP contribution in [-0.4, -0.2) is 12.3 Å². The zero-order valence-electron chi connectivity index (χ0n) is 11.2. The summed E-state index contributed by atoms with van der Waals surface area (Å²) in [6.07, 6.45) is 3.12. The predicted octanol–water partition coefficient (Wildman–Crippen LogP) is 2.64. The summed E-state index contributed by atoms with van der Waals surface area (Å²) >= 11 is 0. The lowest BCUT2D eigenvalue weighted by molar-refractivity contribution is -0.117. The van der Waals surface area contributed by atoms with Crippen molar-refractivity contribution in [3.63, 3.8) is 0 Å². The van der Waals surface area contributed by atoms with E-state index in [-0.39, 0.29) is 17.1 Å². The van der Waals surface area contributed by atoms with E-state index in [9.17, 15) is 10.1 Å². The Balaban J connectivity index is 2.74. The molecule has 0 radical (unpaired) electrons. The average molecular weight is 234 g/mol. The zero-order valence-corrected chi connectivity index (χ0v) is 11.2. The summed E-state index contributed by atoms with van der Waals surface area (Å²) in [4.78, 5) is 11.6. The van der Waals surface area contributed by atoms with Crippen LogP contribution in [0.1, 0.15) is 40.5 Å². The molecule has 0 amide bonds. The van der Waals surface area contributed by atoms with Crippen molar-refractivity contribution in [3.8, 4) is 6.07 Å². The Morgan fingerprint density at radius 1 is 1.59 bits per heavy atom. The fraction of sp³-hybridized carbons (Fsp3) is 0.714. The molecule has 0 spiro atoms. The van der Waals surface area contributed by atoms with Crippen molar-refractivity contribution < 1.29 is 4.79 Å². The molecule has 0 saturated carbocycles. The van der Waals surface area contributed by atoms with Gasteiger partial charge in [0, 0.05) is 24.7 Å². The fourth-order valence-corrected chi connectivity index (χ4v) is 2.18. The van der Waals surface area contributed by atoms with Gasteiger partial charge in [-0.05, 0) is 17.8 Å². The third kappa shape index (κ3) is 3.59. The topological polar surface area (TPSA) is 52.9 Å². The van der Waals surface area contributed by atoms with Crippen LogP contribution in [0.4, 0.5) is 0 Å². The number of carbonyl (C=O) groups excluding carboxylic acids is 1. The molecule has 0 aromatic carbocycles. The van der Waals surface area contributed by atoms with Gasteiger partial charge in [0.2, 0.25) is 0 Å². The van der Waals surface area contributed by atoms with E-state index < -0.39 is 0 Å². The van der Waals surface area contributed by atoms with Crippen LogP contribution in [0, 0.1) is 28.6 Å². The first-order valence-electron chi connectivity index (χ1n) is 6.24. The van der Waals surface area contributed by atoms with Gasteiger partial charge in [0.05, 0.1) is 12.0 Å². The molecule has 1 unspecified atom stereocenters. The van der Waals surface area contributed by atoms with Gasteiger partial charge >= 0.3 is 0 Å². The molecule has 94 valence electrons. The maximum atomic E-state index is 11.6. The molecule has 1 atom stereocenters. The molecule has 0 fully saturated rings. The Labute approximate surface area is 104 Å². The van der Waals surface area contributed by atoms with Gasteiger partial charge in [0.1, 0.15) is 0 Å². The molecule has 0 heterocycles. The van der Waals surface area contributed by atoms with Gasteiger partial charge in [-0.3, -0.25) is 4.79 Å². The number of carbonyl (C=O) groups is 1. The summed E-state index contributed by atoms with van der Waals surface area (Å²) in [5.41, 5.74) is 0.537. The minimum absolute atomic E-state index is 0.119. The quantitative estimate of drug-likeness (QED) is 0.813. The summed E-state index contributed by atoms with van der Waals surface area (Å²) < 4.78 is 0. The number of rotatable bonds is 4. The molecular formula is C14H22N2O.